The van der Waals surface area contributed by atoms with Crippen molar-refractivity contribution in [1.82, 2.24) is 34.5 Å². The number of amides is 2. The van der Waals surface area contributed by atoms with Crippen molar-refractivity contribution in [2.45, 2.75) is 38.3 Å². The Kier molecular flexibility index (Phi) is 6.90. The van der Waals surface area contributed by atoms with Crippen LogP contribution >= 0.6 is 15.9 Å². The smallest absolute Gasteiger partial charge is 0.251 e. The fourth-order valence-electron chi connectivity index (χ4n) is 5.50. The molecule has 1 saturated heterocycles. The lowest BCUT2D eigenvalue weighted by molar-refractivity contribution is -0.146. The van der Waals surface area contributed by atoms with E-state index in [-0.39, 0.29) is 23.8 Å². The number of hydrogen-bond acceptors (Lipinski definition) is 8. The topological polar surface area (TPSA) is 129 Å². The van der Waals surface area contributed by atoms with Crippen LogP contribution in [-0.2, 0) is 9.59 Å². The molecule has 3 atom stereocenters. The highest BCUT2D eigenvalue weighted by atomic mass is 79.9. The van der Waals surface area contributed by atoms with Gasteiger partial charge in [-0.05, 0) is 66.4 Å². The number of nitrogens with zero attached hydrogens (tertiary/aromatic N) is 7. The molecule has 0 spiro atoms. The Morgan fingerprint density at radius 2 is 1.90 bits per heavy atom. The van der Waals surface area contributed by atoms with E-state index in [1.807, 2.05) is 35.2 Å². The molecule has 11 nitrogen and oxygen atoms in total. The first-order valence-electron chi connectivity index (χ1n) is 13.2. The van der Waals surface area contributed by atoms with Gasteiger partial charge < -0.3 is 20.2 Å². The van der Waals surface area contributed by atoms with Crippen molar-refractivity contribution in [1.29, 1.82) is 0 Å². The summed E-state index contributed by atoms with van der Waals surface area (Å²) in [4.78, 5) is 42.4. The number of carbonyl (C=O) groups is 2. The first-order valence-corrected chi connectivity index (χ1v) is 14.0. The van der Waals surface area contributed by atoms with Gasteiger partial charge in [-0.1, -0.05) is 6.07 Å². The third-order valence-corrected chi connectivity index (χ3v) is 8.17. The largest absolute Gasteiger partial charge is 0.384 e. The van der Waals surface area contributed by atoms with Crippen molar-refractivity contribution in [3.05, 3.63) is 47.3 Å². The predicted octanol–water partition coefficient (Wildman–Crippen LogP) is 2.76. The van der Waals surface area contributed by atoms with Gasteiger partial charge in [0.2, 0.25) is 11.9 Å². The summed E-state index contributed by atoms with van der Waals surface area (Å²) in [6.45, 7) is 3.37. The number of aromatic nitrogens is 5. The van der Waals surface area contributed by atoms with Gasteiger partial charge in [-0.2, -0.15) is 10.1 Å². The summed E-state index contributed by atoms with van der Waals surface area (Å²) in [5.74, 6) is 0.279. The Hall–Kier alpha value is -3.64. The molecule has 4 heterocycles. The molecular weight excluding hydrogens is 564 g/mol. The van der Waals surface area contributed by atoms with Crippen LogP contribution in [-0.4, -0.2) is 89.8 Å². The van der Waals surface area contributed by atoms with Gasteiger partial charge in [0.15, 0.2) is 5.65 Å². The Balaban J connectivity index is 1.13. The highest BCUT2D eigenvalue weighted by molar-refractivity contribution is 9.10. The number of carbonyl (C=O) groups excluding carboxylic acids is 2. The number of piperazine rings is 1. The van der Waals surface area contributed by atoms with Crippen molar-refractivity contribution >= 4 is 55.6 Å². The molecule has 39 heavy (non-hydrogen) atoms. The van der Waals surface area contributed by atoms with Gasteiger partial charge in [-0.15, -0.1) is 0 Å². The molecule has 1 aromatic carbocycles. The van der Waals surface area contributed by atoms with Crippen LogP contribution in [0.2, 0.25) is 0 Å². The molecule has 6 rings (SSSR count). The number of pyridine rings is 1. The van der Waals surface area contributed by atoms with E-state index >= 15 is 0 Å². The summed E-state index contributed by atoms with van der Waals surface area (Å²) in [5, 5.41) is 19.4. The maximum atomic E-state index is 13.2. The number of fused-ring (bicyclic) bond motifs is 2. The number of benzene rings is 1. The average Bonchev–Trinajstić information content (AvgIpc) is 3.56. The molecule has 1 saturated carbocycles. The lowest BCUT2D eigenvalue weighted by Gasteiger charge is -2.36. The number of hydrogen-bond donors (Lipinski definition) is 2. The number of anilines is 1. The number of nitrogens with one attached hydrogen (secondary N) is 1. The lowest BCUT2D eigenvalue weighted by Crippen LogP contribution is -2.53. The van der Waals surface area contributed by atoms with Crippen molar-refractivity contribution in [3.8, 4) is 5.69 Å². The molecular formula is C27H29BrN8O3. The summed E-state index contributed by atoms with van der Waals surface area (Å²) < 4.78 is 2.46. The molecule has 2 aliphatic rings. The first-order chi connectivity index (χ1) is 18.9. The van der Waals surface area contributed by atoms with Crippen LogP contribution in [0.4, 0.5) is 5.95 Å². The third kappa shape index (κ3) is 5.06. The van der Waals surface area contributed by atoms with Crippen LogP contribution in [0.5, 0.6) is 0 Å². The zero-order chi connectivity index (χ0) is 27.1. The van der Waals surface area contributed by atoms with E-state index in [4.69, 9.17) is 4.98 Å². The van der Waals surface area contributed by atoms with E-state index in [1.54, 1.807) is 22.0 Å². The number of aliphatic hydroxyl groups excluding tert-OH is 1. The maximum Gasteiger partial charge on any atom is 0.251 e. The van der Waals surface area contributed by atoms with Crippen LogP contribution in [0.1, 0.15) is 26.2 Å². The quantitative estimate of drug-likeness (QED) is 0.362. The molecule has 2 fully saturated rings. The molecule has 0 radical (unpaired) electrons. The van der Waals surface area contributed by atoms with Gasteiger partial charge in [-0.25, -0.2) is 9.67 Å². The van der Waals surface area contributed by atoms with Gasteiger partial charge in [-0.3, -0.25) is 14.6 Å². The second kappa shape index (κ2) is 10.5. The van der Waals surface area contributed by atoms with Crippen LogP contribution in [0.15, 0.2) is 47.3 Å². The highest BCUT2D eigenvalue weighted by Gasteiger charge is 2.35. The van der Waals surface area contributed by atoms with E-state index in [9.17, 15) is 14.7 Å². The molecule has 4 aromatic rings. The molecule has 2 N–H and O–H groups in total. The standard InChI is InChI=1S/C27H29BrN8O3/c1-16(37)25(38)34-9-11-35(12-10-34)26(39)18-4-5-19(13-18)31-27-30-15-21-23(28)33-36(24(21)32-27)20-6-7-22-17(14-20)3-2-8-29-22/h2-3,6-8,14-16,18-19,37H,4-5,9-13H2,1H3,(H,30,31,32)/t16?,18-,19-/m1/s1. The average molecular weight is 593 g/mol. The number of halogens is 1. The predicted molar refractivity (Wildman–Crippen MR) is 149 cm³/mol. The fourth-order valence-corrected chi connectivity index (χ4v) is 5.94. The minimum atomic E-state index is -1.01. The van der Waals surface area contributed by atoms with E-state index in [2.05, 4.69) is 36.3 Å². The second-order valence-corrected chi connectivity index (χ2v) is 10.9. The SMILES string of the molecule is CC(O)C(=O)N1CCN(C(=O)[C@@H]2CC[C@@H](Nc3ncc4c(Br)nn(-c5ccc6ncccc6c5)c4n3)C2)CC1. The monoisotopic (exact) mass is 592 g/mol. The van der Waals surface area contributed by atoms with Crippen molar-refractivity contribution in [3.63, 3.8) is 0 Å². The molecule has 1 unspecified atom stereocenters. The van der Waals surface area contributed by atoms with E-state index in [1.165, 1.54) is 6.92 Å². The maximum absolute atomic E-state index is 13.2. The zero-order valence-electron chi connectivity index (χ0n) is 21.5. The van der Waals surface area contributed by atoms with Crippen molar-refractivity contribution in [2.75, 3.05) is 31.5 Å². The van der Waals surface area contributed by atoms with Gasteiger partial charge in [0.1, 0.15) is 10.7 Å². The summed E-state index contributed by atoms with van der Waals surface area (Å²) in [6.07, 6.45) is 4.86. The van der Waals surface area contributed by atoms with E-state index < -0.39 is 6.10 Å². The summed E-state index contributed by atoms with van der Waals surface area (Å²) >= 11 is 3.54. The van der Waals surface area contributed by atoms with E-state index in [0.29, 0.717) is 48.8 Å². The zero-order valence-corrected chi connectivity index (χ0v) is 23.1. The minimum absolute atomic E-state index is 0.0730. The summed E-state index contributed by atoms with van der Waals surface area (Å²) in [7, 11) is 0. The van der Waals surface area contributed by atoms with Gasteiger partial charge in [0.05, 0.1) is 16.6 Å². The van der Waals surface area contributed by atoms with Gasteiger partial charge in [0.25, 0.3) is 5.91 Å². The number of rotatable bonds is 5. The third-order valence-electron chi connectivity index (χ3n) is 7.59. The Morgan fingerprint density at radius 1 is 1.10 bits per heavy atom. The first kappa shape index (κ1) is 25.6. The summed E-state index contributed by atoms with van der Waals surface area (Å²) in [6, 6.07) is 9.97. The van der Waals surface area contributed by atoms with Crippen LogP contribution < -0.4 is 5.32 Å². The van der Waals surface area contributed by atoms with Crippen LogP contribution in [0.3, 0.4) is 0 Å². The minimum Gasteiger partial charge on any atom is -0.384 e. The fraction of sp³-hybridized carbons (Fsp3) is 0.407. The van der Waals surface area contributed by atoms with E-state index in [0.717, 1.165) is 34.8 Å². The van der Waals surface area contributed by atoms with Gasteiger partial charge in [0, 0.05) is 55.9 Å². The van der Waals surface area contributed by atoms with Gasteiger partial charge >= 0.3 is 0 Å². The Labute approximate surface area is 233 Å². The van der Waals surface area contributed by atoms with Crippen molar-refractivity contribution in [2.24, 2.45) is 5.92 Å². The molecule has 1 aliphatic carbocycles. The second-order valence-electron chi connectivity index (χ2n) is 10.2. The van der Waals surface area contributed by atoms with Crippen LogP contribution in [0.25, 0.3) is 27.6 Å². The number of aliphatic hydroxyl groups is 1. The Bertz CT molecular complexity index is 1550. The highest BCUT2D eigenvalue weighted by Crippen LogP contribution is 2.31. The lowest BCUT2D eigenvalue weighted by atomic mass is 10.1. The molecule has 2 amide bonds. The molecule has 12 heteroatoms. The normalized spacial score (nSPS) is 20.5. The molecule has 1 aliphatic heterocycles. The summed E-state index contributed by atoms with van der Waals surface area (Å²) in [5.41, 5.74) is 2.46. The molecule has 202 valence electrons. The van der Waals surface area contributed by atoms with Crippen molar-refractivity contribution < 1.29 is 14.7 Å². The van der Waals surface area contributed by atoms with Crippen LogP contribution in [0, 0.1) is 5.92 Å². The Morgan fingerprint density at radius 3 is 2.69 bits per heavy atom. The molecule has 3 aromatic heterocycles. The molecule has 0 bridgehead atoms.